The standard InChI is InChI=1S/C15H25N3O2S/c1-11(12-4-5-12)17(3)21(19,20)15-8-14(9-16-2)18(10-15)13-6-7-13/h8,10-13,16H,4-7,9H2,1-3H3. The molecule has 1 N–H and O–H groups in total. The summed E-state index contributed by atoms with van der Waals surface area (Å²) in [5.74, 6) is 0.534. The van der Waals surface area contributed by atoms with Gasteiger partial charge in [0, 0.05) is 37.6 Å². The predicted octanol–water partition coefficient (Wildman–Crippen LogP) is 1.96. The van der Waals surface area contributed by atoms with Crippen molar-refractivity contribution in [1.82, 2.24) is 14.2 Å². The molecule has 0 aliphatic heterocycles. The summed E-state index contributed by atoms with van der Waals surface area (Å²) in [5.41, 5.74) is 1.06. The SMILES string of the molecule is CNCc1cc(S(=O)(=O)N(C)C(C)C2CC2)cn1C1CC1. The summed E-state index contributed by atoms with van der Waals surface area (Å²) in [5, 5.41) is 3.12. The van der Waals surface area contributed by atoms with E-state index in [2.05, 4.69) is 9.88 Å². The molecule has 2 saturated carbocycles. The molecule has 1 heterocycles. The first-order valence-electron chi connectivity index (χ1n) is 7.78. The molecule has 1 aromatic rings. The van der Waals surface area contributed by atoms with Gasteiger partial charge < -0.3 is 9.88 Å². The van der Waals surface area contributed by atoms with Gasteiger partial charge in [-0.25, -0.2) is 8.42 Å². The van der Waals surface area contributed by atoms with Crippen LogP contribution in [0.1, 0.15) is 44.3 Å². The summed E-state index contributed by atoms with van der Waals surface area (Å²) in [6, 6.07) is 2.41. The molecule has 0 radical (unpaired) electrons. The van der Waals surface area contributed by atoms with Crippen LogP contribution in [0, 0.1) is 5.92 Å². The molecule has 3 rings (SSSR count). The van der Waals surface area contributed by atoms with E-state index in [1.165, 1.54) is 0 Å². The first-order valence-corrected chi connectivity index (χ1v) is 9.22. The Hall–Kier alpha value is -0.850. The van der Waals surface area contributed by atoms with E-state index in [9.17, 15) is 8.42 Å². The monoisotopic (exact) mass is 311 g/mol. The first kappa shape index (κ1) is 15.1. The zero-order valence-electron chi connectivity index (χ0n) is 13.0. The van der Waals surface area contributed by atoms with E-state index in [0.717, 1.165) is 31.4 Å². The summed E-state index contributed by atoms with van der Waals surface area (Å²) in [4.78, 5) is 0.439. The molecule has 21 heavy (non-hydrogen) atoms. The van der Waals surface area contributed by atoms with E-state index in [0.29, 0.717) is 23.4 Å². The van der Waals surface area contributed by atoms with Crippen molar-refractivity contribution in [3.8, 4) is 0 Å². The average molecular weight is 311 g/mol. The quantitative estimate of drug-likeness (QED) is 0.837. The Kier molecular flexibility index (Phi) is 3.88. The highest BCUT2D eigenvalue weighted by atomic mass is 32.2. The maximum atomic E-state index is 12.8. The second-order valence-corrected chi connectivity index (χ2v) is 8.43. The number of sulfonamides is 1. The van der Waals surface area contributed by atoms with Crippen LogP contribution in [0.5, 0.6) is 0 Å². The Morgan fingerprint density at radius 1 is 1.38 bits per heavy atom. The Balaban J connectivity index is 1.89. The third-order valence-corrected chi connectivity index (χ3v) is 6.67. The van der Waals surface area contributed by atoms with E-state index >= 15 is 0 Å². The normalized spacial score (nSPS) is 21.0. The van der Waals surface area contributed by atoms with Gasteiger partial charge in [0.1, 0.15) is 4.90 Å². The summed E-state index contributed by atoms with van der Waals surface area (Å²) in [6.07, 6.45) is 6.43. The fraction of sp³-hybridized carbons (Fsp3) is 0.733. The van der Waals surface area contributed by atoms with Crippen molar-refractivity contribution in [1.29, 1.82) is 0 Å². The Morgan fingerprint density at radius 2 is 2.05 bits per heavy atom. The number of aromatic nitrogens is 1. The van der Waals surface area contributed by atoms with Crippen LogP contribution in [0.4, 0.5) is 0 Å². The molecule has 0 bridgehead atoms. The Labute approximate surface area is 127 Å². The van der Waals surface area contributed by atoms with Crippen LogP contribution in [0.15, 0.2) is 17.2 Å². The number of rotatable bonds is 7. The number of hydrogen-bond acceptors (Lipinski definition) is 3. The molecule has 2 aliphatic carbocycles. The van der Waals surface area contributed by atoms with Crippen molar-refractivity contribution in [3.05, 3.63) is 18.0 Å². The highest BCUT2D eigenvalue weighted by molar-refractivity contribution is 7.89. The zero-order valence-corrected chi connectivity index (χ0v) is 13.9. The smallest absolute Gasteiger partial charge is 0.244 e. The minimum Gasteiger partial charge on any atom is -0.346 e. The topological polar surface area (TPSA) is 54.3 Å². The van der Waals surface area contributed by atoms with Gasteiger partial charge in [-0.05, 0) is 51.6 Å². The molecule has 6 heteroatoms. The van der Waals surface area contributed by atoms with Gasteiger partial charge in [-0.3, -0.25) is 0 Å². The van der Waals surface area contributed by atoms with E-state index in [1.54, 1.807) is 11.4 Å². The van der Waals surface area contributed by atoms with Crippen LogP contribution in [-0.2, 0) is 16.6 Å². The van der Waals surface area contributed by atoms with Crippen LogP contribution >= 0.6 is 0 Å². The number of nitrogens with one attached hydrogen (secondary N) is 1. The lowest BCUT2D eigenvalue weighted by molar-refractivity contribution is 0.357. The Morgan fingerprint density at radius 3 is 2.57 bits per heavy atom. The van der Waals surface area contributed by atoms with Gasteiger partial charge in [-0.2, -0.15) is 4.31 Å². The minimum absolute atomic E-state index is 0.0898. The summed E-state index contributed by atoms with van der Waals surface area (Å²) >= 11 is 0. The molecular weight excluding hydrogens is 286 g/mol. The van der Waals surface area contributed by atoms with Crippen LogP contribution in [0.3, 0.4) is 0 Å². The van der Waals surface area contributed by atoms with Gasteiger partial charge in [0.15, 0.2) is 0 Å². The van der Waals surface area contributed by atoms with Crippen LogP contribution in [-0.4, -0.2) is 37.4 Å². The molecule has 0 spiro atoms. The molecule has 5 nitrogen and oxygen atoms in total. The van der Waals surface area contributed by atoms with E-state index in [4.69, 9.17) is 0 Å². The third kappa shape index (κ3) is 2.89. The van der Waals surface area contributed by atoms with Crippen molar-refractivity contribution in [2.24, 2.45) is 5.92 Å². The number of hydrogen-bond donors (Lipinski definition) is 1. The van der Waals surface area contributed by atoms with Gasteiger partial charge in [0.05, 0.1) is 0 Å². The van der Waals surface area contributed by atoms with Crippen molar-refractivity contribution in [2.75, 3.05) is 14.1 Å². The molecule has 1 atom stereocenters. The van der Waals surface area contributed by atoms with Gasteiger partial charge in [0.2, 0.25) is 10.0 Å². The lowest BCUT2D eigenvalue weighted by Crippen LogP contribution is -2.36. The third-order valence-electron chi connectivity index (χ3n) is 4.76. The highest BCUT2D eigenvalue weighted by Crippen LogP contribution is 2.39. The first-order chi connectivity index (χ1) is 9.95. The predicted molar refractivity (Wildman–Crippen MR) is 82.6 cm³/mol. The second kappa shape index (κ2) is 5.41. The molecular formula is C15H25N3O2S. The molecule has 2 aliphatic rings. The number of nitrogens with zero attached hydrogens (tertiary/aromatic N) is 2. The summed E-state index contributed by atoms with van der Waals surface area (Å²) < 4.78 is 29.3. The molecule has 1 unspecified atom stereocenters. The summed E-state index contributed by atoms with van der Waals surface area (Å²) in [7, 11) is 0.217. The average Bonchev–Trinajstić information content (AvgIpc) is 3.35. The van der Waals surface area contributed by atoms with Crippen LogP contribution in [0.2, 0.25) is 0 Å². The van der Waals surface area contributed by atoms with E-state index < -0.39 is 10.0 Å². The van der Waals surface area contributed by atoms with E-state index in [1.807, 2.05) is 26.2 Å². The minimum atomic E-state index is -3.38. The zero-order chi connectivity index (χ0) is 15.2. The molecule has 2 fully saturated rings. The van der Waals surface area contributed by atoms with Crippen LogP contribution in [0.25, 0.3) is 0 Å². The van der Waals surface area contributed by atoms with E-state index in [-0.39, 0.29) is 6.04 Å². The molecule has 118 valence electrons. The maximum absolute atomic E-state index is 12.8. The molecule has 1 aromatic heterocycles. The second-order valence-electron chi connectivity index (χ2n) is 6.44. The maximum Gasteiger partial charge on any atom is 0.244 e. The van der Waals surface area contributed by atoms with Crippen molar-refractivity contribution in [3.63, 3.8) is 0 Å². The van der Waals surface area contributed by atoms with Crippen molar-refractivity contribution >= 4 is 10.0 Å². The van der Waals surface area contributed by atoms with Crippen LogP contribution < -0.4 is 5.32 Å². The Bertz CT molecular complexity index is 615. The lowest BCUT2D eigenvalue weighted by Gasteiger charge is -2.23. The summed E-state index contributed by atoms with van der Waals surface area (Å²) in [6.45, 7) is 2.72. The van der Waals surface area contributed by atoms with Gasteiger partial charge in [0.25, 0.3) is 0 Å². The fourth-order valence-corrected chi connectivity index (χ4v) is 4.39. The highest BCUT2D eigenvalue weighted by Gasteiger charge is 2.37. The van der Waals surface area contributed by atoms with Crippen molar-refractivity contribution in [2.45, 2.75) is 56.1 Å². The van der Waals surface area contributed by atoms with Crippen molar-refractivity contribution < 1.29 is 8.42 Å². The van der Waals surface area contributed by atoms with Gasteiger partial charge in [-0.1, -0.05) is 0 Å². The molecule has 0 aromatic carbocycles. The van der Waals surface area contributed by atoms with Gasteiger partial charge in [-0.15, -0.1) is 0 Å². The lowest BCUT2D eigenvalue weighted by atomic mass is 10.2. The van der Waals surface area contributed by atoms with Gasteiger partial charge >= 0.3 is 0 Å². The fourth-order valence-electron chi connectivity index (χ4n) is 2.91. The molecule has 0 saturated heterocycles. The largest absolute Gasteiger partial charge is 0.346 e. The molecule has 0 amide bonds.